The van der Waals surface area contributed by atoms with Crippen molar-refractivity contribution in [3.05, 3.63) is 0 Å². The number of nitrogens with two attached hydrogens (primary N) is 1. The fraction of sp³-hybridized carbons (Fsp3) is 0.667. The number of carbonyl (C=O) groups excluding carboxylic acids is 2. The third-order valence-electron chi connectivity index (χ3n) is 2.62. The summed E-state index contributed by atoms with van der Waals surface area (Å²) < 4.78 is 0. The van der Waals surface area contributed by atoms with Gasteiger partial charge in [-0.05, 0) is 19.8 Å². The number of hydrogen-bond acceptors (Lipinski definition) is 3. The Labute approximate surface area is 87.0 Å². The van der Waals surface area contributed by atoms with Crippen LogP contribution in [0.1, 0.15) is 19.8 Å². The first-order valence-corrected chi connectivity index (χ1v) is 4.77. The largest absolute Gasteiger partial charge is 0.480 e. The number of hydrogen-bond donors (Lipinski definition) is 2. The molecule has 84 valence electrons. The second kappa shape index (κ2) is 4.29. The summed E-state index contributed by atoms with van der Waals surface area (Å²) in [6, 6.07) is -0.806. The maximum absolute atomic E-state index is 11.7. The molecule has 3 N–H and O–H groups in total. The summed E-state index contributed by atoms with van der Waals surface area (Å²) >= 11 is 0. The Balaban J connectivity index is 2.75. The van der Waals surface area contributed by atoms with E-state index < -0.39 is 29.7 Å². The predicted molar refractivity (Wildman–Crippen MR) is 50.7 cm³/mol. The molecule has 1 aliphatic rings. The summed E-state index contributed by atoms with van der Waals surface area (Å²) in [5.41, 5.74) is 4.99. The molecule has 0 saturated carbocycles. The van der Waals surface area contributed by atoms with Crippen LogP contribution in [0.3, 0.4) is 0 Å². The summed E-state index contributed by atoms with van der Waals surface area (Å²) in [6.07, 6.45) is 1.08. The smallest absolute Gasteiger partial charge is 0.326 e. The van der Waals surface area contributed by atoms with Crippen LogP contribution in [0.5, 0.6) is 0 Å². The van der Waals surface area contributed by atoms with Gasteiger partial charge in [-0.1, -0.05) is 0 Å². The normalized spacial score (nSPS) is 22.5. The van der Waals surface area contributed by atoms with Crippen molar-refractivity contribution in [2.24, 2.45) is 11.7 Å². The number of carboxylic acid groups (broad SMARTS) is 1. The average molecular weight is 214 g/mol. The van der Waals surface area contributed by atoms with Crippen LogP contribution in [0.25, 0.3) is 0 Å². The molecule has 0 spiro atoms. The van der Waals surface area contributed by atoms with Gasteiger partial charge in [-0.25, -0.2) is 4.79 Å². The molecule has 0 aromatic heterocycles. The van der Waals surface area contributed by atoms with Crippen molar-refractivity contribution in [1.82, 2.24) is 4.90 Å². The van der Waals surface area contributed by atoms with Crippen LogP contribution in [0.15, 0.2) is 0 Å². The minimum atomic E-state index is -1.03. The molecule has 2 atom stereocenters. The van der Waals surface area contributed by atoms with Gasteiger partial charge in [-0.3, -0.25) is 9.59 Å². The molecule has 0 aliphatic carbocycles. The molecule has 1 unspecified atom stereocenters. The molecule has 15 heavy (non-hydrogen) atoms. The van der Waals surface area contributed by atoms with Crippen LogP contribution < -0.4 is 5.73 Å². The first kappa shape index (κ1) is 11.5. The maximum Gasteiger partial charge on any atom is 0.326 e. The van der Waals surface area contributed by atoms with Crippen molar-refractivity contribution >= 4 is 17.8 Å². The van der Waals surface area contributed by atoms with E-state index in [1.165, 1.54) is 11.8 Å². The molecule has 2 amide bonds. The lowest BCUT2D eigenvalue weighted by Crippen LogP contribution is -2.45. The molecule has 1 aliphatic heterocycles. The van der Waals surface area contributed by atoms with Crippen LogP contribution in [0.4, 0.5) is 0 Å². The van der Waals surface area contributed by atoms with E-state index in [-0.39, 0.29) is 0 Å². The lowest BCUT2D eigenvalue weighted by atomic mass is 10.1. The molecule has 1 fully saturated rings. The van der Waals surface area contributed by atoms with Gasteiger partial charge in [0.15, 0.2) is 0 Å². The SMILES string of the molecule is CC(C(N)=O)C(=O)N1CCC[C@H]1C(=O)O. The summed E-state index contributed by atoms with van der Waals surface area (Å²) in [5.74, 6) is -3.20. The van der Waals surface area contributed by atoms with E-state index in [1.54, 1.807) is 0 Å². The number of amides is 2. The number of nitrogens with zero attached hydrogens (tertiary/aromatic N) is 1. The van der Waals surface area contributed by atoms with Crippen molar-refractivity contribution in [2.75, 3.05) is 6.54 Å². The first-order valence-electron chi connectivity index (χ1n) is 4.77. The van der Waals surface area contributed by atoms with Crippen molar-refractivity contribution in [2.45, 2.75) is 25.8 Å². The second-order valence-electron chi connectivity index (χ2n) is 3.65. The molecule has 0 radical (unpaired) electrons. The van der Waals surface area contributed by atoms with E-state index >= 15 is 0 Å². The topological polar surface area (TPSA) is 101 Å². The van der Waals surface area contributed by atoms with Crippen LogP contribution >= 0.6 is 0 Å². The first-order chi connectivity index (χ1) is 6.95. The Morgan fingerprint density at radius 2 is 2.07 bits per heavy atom. The minimum Gasteiger partial charge on any atom is -0.480 e. The van der Waals surface area contributed by atoms with E-state index in [1.807, 2.05) is 0 Å². The van der Waals surface area contributed by atoms with Gasteiger partial charge in [0.1, 0.15) is 12.0 Å². The van der Waals surface area contributed by atoms with Gasteiger partial charge < -0.3 is 15.7 Å². The average Bonchev–Trinajstić information content (AvgIpc) is 2.63. The van der Waals surface area contributed by atoms with Gasteiger partial charge in [-0.15, -0.1) is 0 Å². The Kier molecular flexibility index (Phi) is 3.28. The van der Waals surface area contributed by atoms with Gasteiger partial charge in [0.05, 0.1) is 0 Å². The highest BCUT2D eigenvalue weighted by molar-refractivity contribution is 6.00. The number of likely N-dealkylation sites (tertiary alicyclic amines) is 1. The minimum absolute atomic E-state index is 0.382. The van der Waals surface area contributed by atoms with Crippen LogP contribution in [0, 0.1) is 5.92 Å². The van der Waals surface area contributed by atoms with Gasteiger partial charge >= 0.3 is 5.97 Å². The monoisotopic (exact) mass is 214 g/mol. The second-order valence-corrected chi connectivity index (χ2v) is 3.65. The van der Waals surface area contributed by atoms with Crippen LogP contribution in [-0.2, 0) is 14.4 Å². The number of rotatable bonds is 3. The molecule has 6 heteroatoms. The predicted octanol–water partition coefficient (Wildman–Crippen LogP) is -0.817. The quantitative estimate of drug-likeness (QED) is 0.599. The Morgan fingerprint density at radius 3 is 2.53 bits per heavy atom. The van der Waals surface area contributed by atoms with E-state index in [0.29, 0.717) is 19.4 Å². The number of carbonyl (C=O) groups is 3. The molecule has 0 bridgehead atoms. The Hall–Kier alpha value is -1.59. The number of carboxylic acids is 1. The molecular formula is C9H14N2O4. The van der Waals surface area contributed by atoms with Gasteiger partial charge in [0.25, 0.3) is 0 Å². The van der Waals surface area contributed by atoms with Gasteiger partial charge in [0, 0.05) is 6.54 Å². The lowest BCUT2D eigenvalue weighted by molar-refractivity contribution is -0.151. The molecule has 0 aromatic rings. The molecular weight excluding hydrogens is 200 g/mol. The van der Waals surface area contributed by atoms with Crippen LogP contribution in [-0.4, -0.2) is 40.4 Å². The van der Waals surface area contributed by atoms with Gasteiger partial charge in [-0.2, -0.15) is 0 Å². The molecule has 1 saturated heterocycles. The molecule has 0 aromatic carbocycles. The highest BCUT2D eigenvalue weighted by Gasteiger charge is 2.37. The summed E-state index contributed by atoms with van der Waals surface area (Å²) in [7, 11) is 0. The van der Waals surface area contributed by atoms with Crippen molar-refractivity contribution in [3.63, 3.8) is 0 Å². The molecule has 1 heterocycles. The number of primary amides is 1. The fourth-order valence-corrected chi connectivity index (χ4v) is 1.66. The van der Waals surface area contributed by atoms with E-state index in [2.05, 4.69) is 0 Å². The standard InChI is InChI=1S/C9H14N2O4/c1-5(7(10)12)8(13)11-4-2-3-6(11)9(14)15/h5-6H,2-4H2,1H3,(H2,10,12)(H,14,15)/t5?,6-/m0/s1. The van der Waals surface area contributed by atoms with E-state index in [0.717, 1.165) is 0 Å². The third-order valence-corrected chi connectivity index (χ3v) is 2.62. The van der Waals surface area contributed by atoms with Crippen molar-refractivity contribution < 1.29 is 19.5 Å². The summed E-state index contributed by atoms with van der Waals surface area (Å²) in [4.78, 5) is 34.5. The highest BCUT2D eigenvalue weighted by Crippen LogP contribution is 2.19. The molecule has 6 nitrogen and oxygen atoms in total. The number of aliphatic carboxylic acids is 1. The summed E-state index contributed by atoms with van der Waals surface area (Å²) in [5, 5.41) is 8.84. The van der Waals surface area contributed by atoms with E-state index in [4.69, 9.17) is 10.8 Å². The zero-order valence-corrected chi connectivity index (χ0v) is 8.47. The van der Waals surface area contributed by atoms with Crippen LogP contribution in [0.2, 0.25) is 0 Å². The van der Waals surface area contributed by atoms with Crippen molar-refractivity contribution in [3.8, 4) is 0 Å². The third kappa shape index (κ3) is 2.26. The molecule has 1 rings (SSSR count). The zero-order valence-electron chi connectivity index (χ0n) is 8.47. The van der Waals surface area contributed by atoms with Crippen molar-refractivity contribution in [1.29, 1.82) is 0 Å². The maximum atomic E-state index is 11.7. The fourth-order valence-electron chi connectivity index (χ4n) is 1.66. The highest BCUT2D eigenvalue weighted by atomic mass is 16.4. The zero-order chi connectivity index (χ0) is 11.6. The Bertz CT molecular complexity index is 302. The van der Waals surface area contributed by atoms with E-state index in [9.17, 15) is 14.4 Å². The Morgan fingerprint density at radius 1 is 1.47 bits per heavy atom. The lowest BCUT2D eigenvalue weighted by Gasteiger charge is -2.23. The van der Waals surface area contributed by atoms with Gasteiger partial charge in [0.2, 0.25) is 11.8 Å². The summed E-state index contributed by atoms with van der Waals surface area (Å²) in [6.45, 7) is 1.77.